The van der Waals surface area contributed by atoms with E-state index in [1.807, 2.05) is 0 Å². The third kappa shape index (κ3) is 5.59. The van der Waals surface area contributed by atoms with E-state index in [1.165, 1.54) is 0 Å². The standard InChI is InChI=1S/C6H14N2O2Si/c1-3-5(9)7-11-8-6(10)4-2/h3-4,11H2,1-2H3,(H,7,9)(H,8,10). The first-order valence-electron chi connectivity index (χ1n) is 3.74. The predicted molar refractivity (Wildman–Crippen MR) is 45.4 cm³/mol. The molecule has 0 spiro atoms. The van der Waals surface area contributed by atoms with Crippen molar-refractivity contribution in [2.75, 3.05) is 0 Å². The molecule has 5 heteroatoms. The molecular weight excluding hydrogens is 160 g/mol. The van der Waals surface area contributed by atoms with Gasteiger partial charge in [0.25, 0.3) is 0 Å². The van der Waals surface area contributed by atoms with Crippen LogP contribution in [0.1, 0.15) is 26.7 Å². The highest BCUT2D eigenvalue weighted by atomic mass is 28.2. The van der Waals surface area contributed by atoms with Crippen LogP contribution in [-0.2, 0) is 9.59 Å². The van der Waals surface area contributed by atoms with Crippen molar-refractivity contribution in [3.63, 3.8) is 0 Å². The Balaban J connectivity index is 3.27. The fraction of sp³-hybridized carbons (Fsp3) is 0.667. The predicted octanol–water partition coefficient (Wildman–Crippen LogP) is -0.962. The van der Waals surface area contributed by atoms with Gasteiger partial charge < -0.3 is 9.96 Å². The maximum atomic E-state index is 10.7. The molecule has 0 heterocycles. The molecule has 0 aromatic heterocycles. The van der Waals surface area contributed by atoms with Crippen LogP contribution in [0.15, 0.2) is 0 Å². The highest BCUT2D eigenvalue weighted by molar-refractivity contribution is 6.38. The van der Waals surface area contributed by atoms with Gasteiger partial charge in [0, 0.05) is 12.8 Å². The van der Waals surface area contributed by atoms with E-state index >= 15 is 0 Å². The van der Waals surface area contributed by atoms with E-state index in [-0.39, 0.29) is 11.8 Å². The Morgan fingerprint density at radius 3 is 1.73 bits per heavy atom. The molecule has 4 nitrogen and oxygen atoms in total. The summed E-state index contributed by atoms with van der Waals surface area (Å²) in [7, 11) is -0.905. The fourth-order valence-corrected chi connectivity index (χ4v) is 1.47. The summed E-state index contributed by atoms with van der Waals surface area (Å²) in [4.78, 5) is 26.6. The van der Waals surface area contributed by atoms with E-state index in [1.54, 1.807) is 13.8 Å². The Morgan fingerprint density at radius 1 is 1.09 bits per heavy atom. The lowest BCUT2D eigenvalue weighted by Crippen LogP contribution is -2.40. The lowest BCUT2D eigenvalue weighted by atomic mass is 10.5. The molecule has 0 aliphatic rings. The second kappa shape index (κ2) is 5.91. The van der Waals surface area contributed by atoms with E-state index in [0.29, 0.717) is 12.8 Å². The van der Waals surface area contributed by atoms with Crippen molar-refractivity contribution < 1.29 is 9.59 Å². The molecule has 64 valence electrons. The van der Waals surface area contributed by atoms with Gasteiger partial charge in [-0.05, 0) is 0 Å². The Morgan fingerprint density at radius 2 is 1.45 bits per heavy atom. The van der Waals surface area contributed by atoms with Crippen LogP contribution in [0.25, 0.3) is 0 Å². The molecule has 0 fully saturated rings. The normalized spacial score (nSPS) is 8.91. The Labute approximate surface area is 68.7 Å². The second-order valence-corrected chi connectivity index (χ2v) is 3.14. The molecule has 0 rings (SSSR count). The summed E-state index contributed by atoms with van der Waals surface area (Å²) in [6.45, 7) is 3.57. The zero-order valence-corrected chi connectivity index (χ0v) is 8.35. The van der Waals surface area contributed by atoms with Crippen molar-refractivity contribution >= 4 is 21.7 Å². The van der Waals surface area contributed by atoms with E-state index in [9.17, 15) is 9.59 Å². The summed E-state index contributed by atoms with van der Waals surface area (Å²) in [6.07, 6.45) is 0.962. The van der Waals surface area contributed by atoms with Gasteiger partial charge in [-0.3, -0.25) is 9.59 Å². The lowest BCUT2D eigenvalue weighted by molar-refractivity contribution is -0.119. The van der Waals surface area contributed by atoms with Gasteiger partial charge in [0.05, 0.1) is 0 Å². The van der Waals surface area contributed by atoms with Gasteiger partial charge in [0.2, 0.25) is 21.7 Å². The Hall–Kier alpha value is -0.843. The van der Waals surface area contributed by atoms with Crippen LogP contribution in [-0.4, -0.2) is 21.7 Å². The minimum Gasteiger partial charge on any atom is -0.370 e. The molecular formula is C6H14N2O2Si. The SMILES string of the molecule is CCC(=O)N[SiH2]NC(=O)CC. The first-order valence-corrected chi connectivity index (χ1v) is 5.15. The molecule has 0 atom stereocenters. The van der Waals surface area contributed by atoms with Crippen LogP contribution in [0.3, 0.4) is 0 Å². The number of hydrogen-bond acceptors (Lipinski definition) is 2. The van der Waals surface area contributed by atoms with Gasteiger partial charge in [-0.2, -0.15) is 0 Å². The molecule has 2 N–H and O–H groups in total. The van der Waals surface area contributed by atoms with Crippen molar-refractivity contribution in [3.05, 3.63) is 0 Å². The average molecular weight is 174 g/mol. The van der Waals surface area contributed by atoms with Crippen molar-refractivity contribution in [1.29, 1.82) is 0 Å². The summed E-state index contributed by atoms with van der Waals surface area (Å²) in [6, 6.07) is 0. The van der Waals surface area contributed by atoms with E-state index in [2.05, 4.69) is 9.96 Å². The average Bonchev–Trinajstić information content (AvgIpc) is 2.04. The van der Waals surface area contributed by atoms with Crippen molar-refractivity contribution in [1.82, 2.24) is 9.96 Å². The smallest absolute Gasteiger partial charge is 0.230 e. The maximum Gasteiger partial charge on any atom is 0.230 e. The monoisotopic (exact) mass is 174 g/mol. The molecule has 0 aromatic carbocycles. The molecule has 0 aliphatic heterocycles. The summed E-state index contributed by atoms with van der Waals surface area (Å²) < 4.78 is 0. The summed E-state index contributed by atoms with van der Waals surface area (Å²) in [5, 5.41) is 0. The van der Waals surface area contributed by atoms with Crippen LogP contribution >= 0.6 is 0 Å². The molecule has 0 unspecified atom stereocenters. The third-order valence-corrected chi connectivity index (χ3v) is 2.36. The van der Waals surface area contributed by atoms with Crippen LogP contribution in [0.2, 0.25) is 0 Å². The molecule has 2 amide bonds. The van der Waals surface area contributed by atoms with Gasteiger partial charge in [0.1, 0.15) is 0 Å². The van der Waals surface area contributed by atoms with Gasteiger partial charge in [-0.15, -0.1) is 0 Å². The number of carbonyl (C=O) groups is 2. The van der Waals surface area contributed by atoms with Gasteiger partial charge >= 0.3 is 0 Å². The Bertz CT molecular complexity index is 134. The third-order valence-electron chi connectivity index (χ3n) is 1.21. The quantitative estimate of drug-likeness (QED) is 0.539. The minimum absolute atomic E-state index is 0.00747. The van der Waals surface area contributed by atoms with Gasteiger partial charge in [-0.25, -0.2) is 0 Å². The summed E-state index contributed by atoms with van der Waals surface area (Å²) in [5.41, 5.74) is 0. The number of amides is 2. The van der Waals surface area contributed by atoms with Crippen molar-refractivity contribution in [2.45, 2.75) is 26.7 Å². The van der Waals surface area contributed by atoms with E-state index < -0.39 is 9.84 Å². The van der Waals surface area contributed by atoms with Crippen molar-refractivity contribution in [3.8, 4) is 0 Å². The molecule has 0 aromatic rings. The Kier molecular flexibility index (Phi) is 5.45. The van der Waals surface area contributed by atoms with Gasteiger partial charge in [-0.1, -0.05) is 13.8 Å². The number of rotatable bonds is 4. The lowest BCUT2D eigenvalue weighted by Gasteiger charge is -2.02. The van der Waals surface area contributed by atoms with Crippen LogP contribution < -0.4 is 9.96 Å². The highest BCUT2D eigenvalue weighted by Crippen LogP contribution is 1.73. The molecule has 0 aliphatic carbocycles. The molecule has 0 radical (unpaired) electrons. The van der Waals surface area contributed by atoms with Crippen LogP contribution in [0.5, 0.6) is 0 Å². The van der Waals surface area contributed by atoms with Crippen LogP contribution in [0, 0.1) is 0 Å². The number of nitrogens with one attached hydrogen (secondary N) is 2. The van der Waals surface area contributed by atoms with E-state index in [0.717, 1.165) is 0 Å². The second-order valence-electron chi connectivity index (χ2n) is 2.08. The number of carbonyl (C=O) groups excluding carboxylic acids is 2. The largest absolute Gasteiger partial charge is 0.370 e. The van der Waals surface area contributed by atoms with Gasteiger partial charge in [0.15, 0.2) is 0 Å². The minimum atomic E-state index is -0.905. The highest BCUT2D eigenvalue weighted by Gasteiger charge is 1.97. The molecule has 0 saturated heterocycles. The zero-order chi connectivity index (χ0) is 8.69. The topological polar surface area (TPSA) is 58.2 Å². The van der Waals surface area contributed by atoms with Crippen molar-refractivity contribution in [2.24, 2.45) is 0 Å². The van der Waals surface area contributed by atoms with Crippen LogP contribution in [0.4, 0.5) is 0 Å². The first kappa shape index (κ1) is 10.2. The first-order chi connectivity index (χ1) is 5.20. The fourth-order valence-electron chi connectivity index (χ4n) is 0.491. The summed E-state index contributed by atoms with van der Waals surface area (Å²) >= 11 is 0. The molecule has 11 heavy (non-hydrogen) atoms. The maximum absolute atomic E-state index is 10.7. The van der Waals surface area contributed by atoms with E-state index in [4.69, 9.17) is 0 Å². The summed E-state index contributed by atoms with van der Waals surface area (Å²) in [5.74, 6) is 0.0149. The number of hydrogen-bond donors (Lipinski definition) is 2. The zero-order valence-electron chi connectivity index (χ0n) is 6.94. The molecule has 0 saturated carbocycles. The molecule has 0 bridgehead atoms.